The Bertz CT molecular complexity index is 328. The van der Waals surface area contributed by atoms with Crippen LogP contribution < -0.4 is 5.73 Å². The molecule has 1 unspecified atom stereocenters. The molecule has 2 rings (SSSR count). The third-order valence-corrected chi connectivity index (χ3v) is 3.92. The summed E-state index contributed by atoms with van der Waals surface area (Å²) in [6.45, 7) is 0. The molecule has 1 atom stereocenters. The van der Waals surface area contributed by atoms with Crippen molar-refractivity contribution in [2.75, 3.05) is 0 Å². The Balaban J connectivity index is 1.70. The second-order valence-electron chi connectivity index (χ2n) is 5.35. The van der Waals surface area contributed by atoms with Gasteiger partial charge in [-0.2, -0.15) is 5.10 Å². The Morgan fingerprint density at radius 2 is 2.18 bits per heavy atom. The van der Waals surface area contributed by atoms with Crippen LogP contribution in [0.25, 0.3) is 0 Å². The first-order chi connectivity index (χ1) is 8.25. The van der Waals surface area contributed by atoms with Crippen LogP contribution in [0.1, 0.15) is 50.8 Å². The number of hydrogen-bond donors (Lipinski definition) is 1. The zero-order valence-corrected chi connectivity index (χ0v) is 10.8. The molecular formula is C13H24N4. The summed E-state index contributed by atoms with van der Waals surface area (Å²) in [6, 6.07) is 0.236. The molecule has 2 N–H and O–H groups in total. The van der Waals surface area contributed by atoms with Crippen molar-refractivity contribution in [2.45, 2.75) is 57.4 Å². The molecular weight excluding hydrogens is 212 g/mol. The molecule has 1 saturated carbocycles. The first-order valence-corrected chi connectivity index (χ1v) is 6.84. The lowest BCUT2D eigenvalue weighted by atomic mass is 9.85. The summed E-state index contributed by atoms with van der Waals surface area (Å²) in [6.07, 6.45) is 12.0. The smallest absolute Gasteiger partial charge is 0.138 e. The average molecular weight is 236 g/mol. The summed E-state index contributed by atoms with van der Waals surface area (Å²) >= 11 is 0. The van der Waals surface area contributed by atoms with Gasteiger partial charge in [-0.25, -0.2) is 4.98 Å². The molecule has 17 heavy (non-hydrogen) atoms. The number of nitrogens with two attached hydrogens (primary N) is 1. The molecule has 0 saturated heterocycles. The predicted octanol–water partition coefficient (Wildman–Crippen LogP) is 2.05. The quantitative estimate of drug-likeness (QED) is 0.851. The van der Waals surface area contributed by atoms with Crippen LogP contribution >= 0.6 is 0 Å². The maximum atomic E-state index is 6.17. The third-order valence-electron chi connectivity index (χ3n) is 3.92. The van der Waals surface area contributed by atoms with E-state index in [2.05, 4.69) is 10.1 Å². The summed E-state index contributed by atoms with van der Waals surface area (Å²) in [4.78, 5) is 4.22. The number of aryl methyl sites for hydroxylation is 1. The van der Waals surface area contributed by atoms with Crippen molar-refractivity contribution in [3.05, 3.63) is 12.2 Å². The molecule has 0 bridgehead atoms. The van der Waals surface area contributed by atoms with E-state index in [1.54, 1.807) is 6.33 Å². The van der Waals surface area contributed by atoms with E-state index in [0.717, 1.165) is 24.6 Å². The van der Waals surface area contributed by atoms with Crippen LogP contribution in [-0.2, 0) is 13.5 Å². The van der Waals surface area contributed by atoms with E-state index >= 15 is 0 Å². The zero-order chi connectivity index (χ0) is 12.1. The minimum Gasteiger partial charge on any atom is -0.327 e. The van der Waals surface area contributed by atoms with Gasteiger partial charge in [0.1, 0.15) is 12.2 Å². The van der Waals surface area contributed by atoms with Crippen LogP contribution in [0.2, 0.25) is 0 Å². The van der Waals surface area contributed by atoms with Crippen molar-refractivity contribution in [3.63, 3.8) is 0 Å². The summed E-state index contributed by atoms with van der Waals surface area (Å²) in [7, 11) is 1.93. The molecule has 1 aromatic rings. The Hall–Kier alpha value is -0.900. The normalized spacial score (nSPS) is 19.4. The molecule has 0 amide bonds. The second-order valence-corrected chi connectivity index (χ2v) is 5.35. The van der Waals surface area contributed by atoms with Crippen molar-refractivity contribution in [1.82, 2.24) is 14.8 Å². The minimum absolute atomic E-state index is 0.236. The molecule has 0 aliphatic heterocycles. The largest absolute Gasteiger partial charge is 0.327 e. The first kappa shape index (κ1) is 12.6. The van der Waals surface area contributed by atoms with Crippen molar-refractivity contribution in [1.29, 1.82) is 0 Å². The molecule has 0 spiro atoms. The van der Waals surface area contributed by atoms with Gasteiger partial charge in [0.15, 0.2) is 0 Å². The fourth-order valence-corrected chi connectivity index (χ4v) is 2.77. The molecule has 4 heteroatoms. The monoisotopic (exact) mass is 236 g/mol. The van der Waals surface area contributed by atoms with Gasteiger partial charge in [0.05, 0.1) is 0 Å². The van der Waals surface area contributed by atoms with Crippen molar-refractivity contribution in [2.24, 2.45) is 18.7 Å². The van der Waals surface area contributed by atoms with Gasteiger partial charge in [-0.15, -0.1) is 0 Å². The second kappa shape index (κ2) is 6.15. The first-order valence-electron chi connectivity index (χ1n) is 6.84. The number of nitrogens with zero attached hydrogens (tertiary/aromatic N) is 3. The lowest BCUT2D eigenvalue weighted by molar-refractivity contribution is 0.322. The van der Waals surface area contributed by atoms with Gasteiger partial charge in [0.25, 0.3) is 0 Å². The van der Waals surface area contributed by atoms with Crippen LogP contribution in [0.15, 0.2) is 6.33 Å². The summed E-state index contributed by atoms with van der Waals surface area (Å²) in [5, 5.41) is 4.07. The standard InChI is InChI=1S/C13H24N4/c1-17-13(15-10-16-17)9-12(14)8-7-11-5-3-2-4-6-11/h10-12H,2-9,14H2,1H3. The molecule has 0 aromatic carbocycles. The van der Waals surface area contributed by atoms with Gasteiger partial charge in [-0.3, -0.25) is 4.68 Å². The van der Waals surface area contributed by atoms with E-state index in [4.69, 9.17) is 5.73 Å². The summed E-state index contributed by atoms with van der Waals surface area (Å²) in [5.41, 5.74) is 6.17. The molecule has 0 radical (unpaired) electrons. The number of hydrogen-bond acceptors (Lipinski definition) is 3. The van der Waals surface area contributed by atoms with Gasteiger partial charge in [-0.05, 0) is 18.8 Å². The summed E-state index contributed by atoms with van der Waals surface area (Å²) < 4.78 is 1.82. The molecule has 1 fully saturated rings. The highest BCUT2D eigenvalue weighted by atomic mass is 15.3. The summed E-state index contributed by atoms with van der Waals surface area (Å²) in [5.74, 6) is 1.93. The van der Waals surface area contributed by atoms with E-state index in [9.17, 15) is 0 Å². The highest BCUT2D eigenvalue weighted by Crippen LogP contribution is 2.27. The van der Waals surface area contributed by atoms with Crippen molar-refractivity contribution in [3.8, 4) is 0 Å². The third kappa shape index (κ3) is 3.80. The van der Waals surface area contributed by atoms with Gasteiger partial charge in [-0.1, -0.05) is 32.1 Å². The Labute approximate surface area is 104 Å². The van der Waals surface area contributed by atoms with E-state index in [-0.39, 0.29) is 6.04 Å². The molecule has 1 heterocycles. The van der Waals surface area contributed by atoms with E-state index in [1.165, 1.54) is 38.5 Å². The minimum atomic E-state index is 0.236. The van der Waals surface area contributed by atoms with Crippen molar-refractivity contribution < 1.29 is 0 Å². The SMILES string of the molecule is Cn1ncnc1CC(N)CCC1CCCCC1. The van der Waals surface area contributed by atoms with Gasteiger partial charge < -0.3 is 5.73 Å². The lowest BCUT2D eigenvalue weighted by Crippen LogP contribution is -2.25. The lowest BCUT2D eigenvalue weighted by Gasteiger charge is -2.22. The predicted molar refractivity (Wildman–Crippen MR) is 68.5 cm³/mol. The van der Waals surface area contributed by atoms with Crippen LogP contribution in [0.5, 0.6) is 0 Å². The fourth-order valence-electron chi connectivity index (χ4n) is 2.77. The maximum absolute atomic E-state index is 6.17. The van der Waals surface area contributed by atoms with Crippen molar-refractivity contribution >= 4 is 0 Å². The highest BCUT2D eigenvalue weighted by molar-refractivity contribution is 4.88. The zero-order valence-electron chi connectivity index (χ0n) is 10.8. The van der Waals surface area contributed by atoms with E-state index in [0.29, 0.717) is 0 Å². The van der Waals surface area contributed by atoms with Gasteiger partial charge in [0, 0.05) is 19.5 Å². The molecule has 96 valence electrons. The Morgan fingerprint density at radius 3 is 2.82 bits per heavy atom. The van der Waals surface area contributed by atoms with Gasteiger partial charge in [0.2, 0.25) is 0 Å². The maximum Gasteiger partial charge on any atom is 0.138 e. The van der Waals surface area contributed by atoms with Crippen LogP contribution in [0.4, 0.5) is 0 Å². The van der Waals surface area contributed by atoms with Crippen LogP contribution in [0.3, 0.4) is 0 Å². The highest BCUT2D eigenvalue weighted by Gasteiger charge is 2.15. The molecule has 1 aliphatic rings. The van der Waals surface area contributed by atoms with E-state index in [1.807, 2.05) is 11.7 Å². The number of rotatable bonds is 5. The fraction of sp³-hybridized carbons (Fsp3) is 0.846. The van der Waals surface area contributed by atoms with Crippen LogP contribution in [-0.4, -0.2) is 20.8 Å². The molecule has 1 aliphatic carbocycles. The van der Waals surface area contributed by atoms with Gasteiger partial charge >= 0.3 is 0 Å². The average Bonchev–Trinajstić information content (AvgIpc) is 2.74. The van der Waals surface area contributed by atoms with Crippen LogP contribution in [0, 0.1) is 5.92 Å². The topological polar surface area (TPSA) is 56.7 Å². The number of aromatic nitrogens is 3. The molecule has 4 nitrogen and oxygen atoms in total. The van der Waals surface area contributed by atoms with E-state index < -0.39 is 0 Å². The molecule has 1 aromatic heterocycles. The Kier molecular flexibility index (Phi) is 4.54. The Morgan fingerprint density at radius 1 is 1.41 bits per heavy atom.